The molecule has 2 radical (unpaired) electrons. The van der Waals surface area contributed by atoms with Crippen LogP contribution in [0.2, 0.25) is 0 Å². The number of rotatable bonds is 0. The molecule has 0 unspecified atom stereocenters. The summed E-state index contributed by atoms with van der Waals surface area (Å²) in [5, 5.41) is 0. The van der Waals surface area contributed by atoms with Gasteiger partial charge in [-0.05, 0) is 24.3 Å². The molecule has 4 aromatic rings. The first kappa shape index (κ1) is 10.8. The molecule has 0 aliphatic heterocycles. The fourth-order valence-electron chi connectivity index (χ4n) is 2.49. The Hall–Kier alpha value is -2.09. The normalized spacial score (nSPS) is 11.6. The number of hydrogen-bond acceptors (Lipinski definition) is 2. The molecule has 4 rings (SSSR count). The first-order valence-corrected chi connectivity index (χ1v) is 6.45. The van der Waals surface area contributed by atoms with Crippen molar-refractivity contribution in [3.05, 3.63) is 58.9 Å². The zero-order valence-electron chi connectivity index (χ0n) is 9.95. The van der Waals surface area contributed by atoms with Crippen molar-refractivity contribution in [2.45, 2.75) is 0 Å². The predicted octanol–water partition coefficient (Wildman–Crippen LogP) is 1.73. The van der Waals surface area contributed by atoms with Crippen LogP contribution >= 0.6 is 0 Å². The number of aromatic nitrogens is 3. The molecule has 0 saturated carbocycles. The van der Waals surface area contributed by atoms with Gasteiger partial charge in [0.05, 0.1) is 16.6 Å². The van der Waals surface area contributed by atoms with Gasteiger partial charge in [0.1, 0.15) is 0 Å². The summed E-state index contributed by atoms with van der Waals surface area (Å²) in [6.45, 7) is 0. The molecule has 2 aromatic heterocycles. The molecule has 2 heterocycles. The van der Waals surface area contributed by atoms with Gasteiger partial charge in [0.25, 0.3) is 5.56 Å². The van der Waals surface area contributed by atoms with E-state index in [1.807, 2.05) is 52.9 Å². The predicted molar refractivity (Wildman–Crippen MR) is 75.6 cm³/mol. The maximum atomic E-state index is 12.4. The van der Waals surface area contributed by atoms with Gasteiger partial charge >= 0.3 is 16.5 Å². The molecule has 0 spiro atoms. The molecule has 0 saturated heterocycles. The number of benzene rings is 2. The van der Waals surface area contributed by atoms with Crippen LogP contribution in [0.15, 0.2) is 53.3 Å². The van der Waals surface area contributed by atoms with Crippen LogP contribution in [0.5, 0.6) is 0 Å². The number of fused-ring (bicyclic) bond motifs is 5. The Morgan fingerprint density at radius 2 is 1.53 bits per heavy atom. The Bertz CT molecular complexity index is 1000. The van der Waals surface area contributed by atoms with Crippen LogP contribution in [0.3, 0.4) is 0 Å². The smallest absolute Gasteiger partial charge is 0.323 e. The highest BCUT2D eigenvalue weighted by atomic mass is 27.1. The molecular formula is C14H8AlN3O. The summed E-state index contributed by atoms with van der Waals surface area (Å²) in [6.07, 6.45) is 0. The zero-order valence-corrected chi connectivity index (χ0v) is 11.1. The summed E-state index contributed by atoms with van der Waals surface area (Å²) in [7, 11) is 0. The lowest BCUT2D eigenvalue weighted by Gasteiger charge is -2.08. The number of imidazole rings is 1. The quantitative estimate of drug-likeness (QED) is 0.452. The second-order valence-electron chi connectivity index (χ2n) is 4.42. The van der Waals surface area contributed by atoms with Crippen molar-refractivity contribution in [1.29, 1.82) is 0 Å². The Labute approximate surface area is 116 Å². The molecule has 88 valence electrons. The maximum absolute atomic E-state index is 12.4. The number of para-hydroxylation sites is 4. The van der Waals surface area contributed by atoms with E-state index in [4.69, 9.17) is 0 Å². The zero-order chi connectivity index (χ0) is 13.0. The first-order valence-electron chi connectivity index (χ1n) is 5.93. The molecule has 0 N–H and O–H groups in total. The van der Waals surface area contributed by atoms with Crippen molar-refractivity contribution in [3.8, 4) is 0 Å². The minimum absolute atomic E-state index is 0.111. The molecule has 0 amide bonds. The van der Waals surface area contributed by atoms with Gasteiger partial charge in [-0.25, -0.2) is 4.98 Å². The topological polar surface area (TPSA) is 39.3 Å². The van der Waals surface area contributed by atoms with E-state index >= 15 is 0 Å². The molecule has 5 heteroatoms. The molecule has 0 bridgehead atoms. The third-order valence-electron chi connectivity index (χ3n) is 3.35. The van der Waals surface area contributed by atoms with Crippen LogP contribution in [0.1, 0.15) is 0 Å². The third kappa shape index (κ3) is 1.34. The highest BCUT2D eigenvalue weighted by Gasteiger charge is 2.11. The van der Waals surface area contributed by atoms with E-state index in [9.17, 15) is 4.79 Å². The lowest BCUT2D eigenvalue weighted by molar-refractivity contribution is 1.13. The average molecular weight is 261 g/mol. The SMILES string of the molecule is O=c1c2nc3ccccc3n2c2ccccc2[n]1[Al]. The average Bonchev–Trinajstić information content (AvgIpc) is 2.84. The monoisotopic (exact) mass is 261 g/mol. The standard InChI is InChI=1S/C14H9N3O.Al/c18-14-13-15-9-5-1-3-7-11(9)17(13)12-8-4-2-6-10(12)16-14;/h1-8H,(H,16,18);/q;+1/p-1. The molecule has 19 heavy (non-hydrogen) atoms. The van der Waals surface area contributed by atoms with E-state index in [2.05, 4.69) is 21.5 Å². The molecule has 2 aromatic carbocycles. The first-order chi connectivity index (χ1) is 9.27. The summed E-state index contributed by atoms with van der Waals surface area (Å²) in [4.78, 5) is 16.8. The van der Waals surface area contributed by atoms with Gasteiger partial charge in [0, 0.05) is 5.52 Å². The molecular weight excluding hydrogens is 253 g/mol. The molecule has 0 fully saturated rings. The lowest BCUT2D eigenvalue weighted by atomic mass is 10.3. The third-order valence-corrected chi connectivity index (χ3v) is 3.87. The van der Waals surface area contributed by atoms with Crippen LogP contribution in [0.4, 0.5) is 0 Å². The van der Waals surface area contributed by atoms with Crippen molar-refractivity contribution >= 4 is 44.2 Å². The van der Waals surface area contributed by atoms with Crippen LogP contribution in [-0.4, -0.2) is 29.4 Å². The highest BCUT2D eigenvalue weighted by molar-refractivity contribution is 6.11. The Morgan fingerprint density at radius 3 is 2.32 bits per heavy atom. The van der Waals surface area contributed by atoms with E-state index in [-0.39, 0.29) is 5.56 Å². The van der Waals surface area contributed by atoms with E-state index < -0.39 is 0 Å². The largest absolute Gasteiger partial charge is 0.417 e. The van der Waals surface area contributed by atoms with Gasteiger partial charge in [-0.15, -0.1) is 0 Å². The summed E-state index contributed by atoms with van der Waals surface area (Å²) >= 11 is 2.46. The van der Waals surface area contributed by atoms with Gasteiger partial charge in [-0.2, -0.15) is 0 Å². The van der Waals surface area contributed by atoms with Gasteiger partial charge in [-0.3, -0.25) is 9.20 Å². The molecule has 4 nitrogen and oxygen atoms in total. The number of hydrogen-bond donors (Lipinski definition) is 0. The van der Waals surface area contributed by atoms with Gasteiger partial charge < -0.3 is 3.55 Å². The Kier molecular flexibility index (Phi) is 2.10. The van der Waals surface area contributed by atoms with Crippen LogP contribution in [-0.2, 0) is 0 Å². The van der Waals surface area contributed by atoms with Crippen LogP contribution < -0.4 is 5.56 Å². The van der Waals surface area contributed by atoms with Crippen molar-refractivity contribution < 1.29 is 0 Å². The maximum Gasteiger partial charge on any atom is 0.323 e. The summed E-state index contributed by atoms with van der Waals surface area (Å²) in [5.41, 5.74) is 3.97. The van der Waals surface area contributed by atoms with Crippen molar-refractivity contribution in [2.24, 2.45) is 0 Å². The summed E-state index contributed by atoms with van der Waals surface area (Å²) in [6, 6.07) is 15.6. The van der Waals surface area contributed by atoms with E-state index in [0.29, 0.717) is 5.65 Å². The van der Waals surface area contributed by atoms with Crippen LogP contribution in [0.25, 0.3) is 27.7 Å². The fraction of sp³-hybridized carbons (Fsp3) is 0. The molecule has 0 aliphatic carbocycles. The second-order valence-corrected chi connectivity index (χ2v) is 4.94. The fourth-order valence-corrected chi connectivity index (χ4v) is 2.82. The Balaban J connectivity index is 2.47. The van der Waals surface area contributed by atoms with E-state index in [0.717, 1.165) is 22.1 Å². The minimum Gasteiger partial charge on any atom is -0.417 e. The lowest BCUT2D eigenvalue weighted by Crippen LogP contribution is -2.21. The molecule has 0 aliphatic rings. The van der Waals surface area contributed by atoms with Crippen molar-refractivity contribution in [1.82, 2.24) is 12.9 Å². The van der Waals surface area contributed by atoms with Gasteiger partial charge in [0.2, 0.25) is 5.65 Å². The van der Waals surface area contributed by atoms with Crippen molar-refractivity contribution in [3.63, 3.8) is 0 Å². The van der Waals surface area contributed by atoms with Gasteiger partial charge in [0.15, 0.2) is 0 Å². The highest BCUT2D eigenvalue weighted by Crippen LogP contribution is 2.20. The van der Waals surface area contributed by atoms with Gasteiger partial charge in [-0.1, -0.05) is 24.3 Å². The van der Waals surface area contributed by atoms with E-state index in [1.54, 1.807) is 3.55 Å². The molecule has 0 atom stereocenters. The van der Waals surface area contributed by atoms with E-state index in [1.165, 1.54) is 0 Å². The minimum atomic E-state index is -0.111. The Morgan fingerprint density at radius 1 is 0.895 bits per heavy atom. The van der Waals surface area contributed by atoms with Crippen LogP contribution in [0, 0.1) is 0 Å². The second kappa shape index (κ2) is 3.70. The summed E-state index contributed by atoms with van der Waals surface area (Å²) < 4.78 is 3.49. The number of nitrogens with zero attached hydrogens (tertiary/aromatic N) is 3. The summed E-state index contributed by atoms with van der Waals surface area (Å²) in [5.74, 6) is 0. The van der Waals surface area contributed by atoms with Crippen molar-refractivity contribution in [2.75, 3.05) is 0 Å².